The van der Waals surface area contributed by atoms with Gasteiger partial charge >= 0.3 is 6.03 Å². The lowest BCUT2D eigenvalue weighted by atomic mass is 10.1. The topological polar surface area (TPSA) is 84.9 Å². The number of barbiturate groups is 1. The van der Waals surface area contributed by atoms with Gasteiger partial charge in [-0.3, -0.25) is 14.9 Å². The second kappa shape index (κ2) is 7.81. The summed E-state index contributed by atoms with van der Waals surface area (Å²) < 4.78 is 24.6. The number of nitrogens with zero attached hydrogens (tertiary/aromatic N) is 1. The number of ether oxygens (including phenoxy) is 2. The lowest BCUT2D eigenvalue weighted by molar-refractivity contribution is -0.122. The Hall–Kier alpha value is -3.20. The van der Waals surface area contributed by atoms with Gasteiger partial charge in [0.05, 0.1) is 24.4 Å². The zero-order valence-corrected chi connectivity index (χ0v) is 16.4. The SMILES string of the molecule is COc1cc(OC)c(/C=C2\C(=O)NC(=O)N(c3cccc(F)c3)C2=O)cc1Br. The molecular weight excluding hydrogens is 435 g/mol. The second-order valence-electron chi connectivity index (χ2n) is 5.67. The number of urea groups is 1. The summed E-state index contributed by atoms with van der Waals surface area (Å²) in [6, 6.07) is 7.17. The van der Waals surface area contributed by atoms with Crippen LogP contribution in [-0.2, 0) is 9.59 Å². The van der Waals surface area contributed by atoms with Crippen molar-refractivity contribution in [1.29, 1.82) is 0 Å². The van der Waals surface area contributed by atoms with Gasteiger partial charge in [0.2, 0.25) is 0 Å². The molecule has 4 amide bonds. The maximum Gasteiger partial charge on any atom is 0.335 e. The lowest BCUT2D eigenvalue weighted by Gasteiger charge is -2.26. The van der Waals surface area contributed by atoms with Gasteiger partial charge in [-0.2, -0.15) is 0 Å². The number of hydrogen-bond donors (Lipinski definition) is 1. The van der Waals surface area contributed by atoms with Gasteiger partial charge in [-0.1, -0.05) is 6.07 Å². The minimum Gasteiger partial charge on any atom is -0.496 e. The van der Waals surface area contributed by atoms with E-state index in [-0.39, 0.29) is 11.3 Å². The van der Waals surface area contributed by atoms with Gasteiger partial charge in [0, 0.05) is 11.6 Å². The number of halogens is 2. The van der Waals surface area contributed by atoms with Gasteiger partial charge in [0.1, 0.15) is 22.9 Å². The maximum absolute atomic E-state index is 13.5. The van der Waals surface area contributed by atoms with Crippen molar-refractivity contribution >= 4 is 45.5 Å². The molecule has 1 aliphatic rings. The van der Waals surface area contributed by atoms with Crippen LogP contribution in [0.2, 0.25) is 0 Å². The molecule has 2 aromatic rings. The number of nitrogens with one attached hydrogen (secondary N) is 1. The molecule has 28 heavy (non-hydrogen) atoms. The standard InChI is InChI=1S/C19H14BrFN2O5/c1-27-15-9-16(28-2)14(20)7-10(15)6-13-17(24)22-19(26)23(18(13)25)12-5-3-4-11(21)8-12/h3-9H,1-2H3,(H,22,24,26)/b13-6+. The van der Waals surface area contributed by atoms with Crippen molar-refractivity contribution in [2.24, 2.45) is 0 Å². The van der Waals surface area contributed by atoms with E-state index in [1.165, 1.54) is 38.5 Å². The van der Waals surface area contributed by atoms with Crippen molar-refractivity contribution < 1.29 is 28.2 Å². The Morgan fingerprint density at radius 3 is 2.43 bits per heavy atom. The van der Waals surface area contributed by atoms with Crippen molar-refractivity contribution in [2.75, 3.05) is 19.1 Å². The van der Waals surface area contributed by atoms with Crippen LogP contribution in [0.1, 0.15) is 5.56 Å². The predicted octanol–water partition coefficient (Wildman–Crippen LogP) is 3.27. The normalized spacial score (nSPS) is 15.6. The third-order valence-corrected chi connectivity index (χ3v) is 4.59. The van der Waals surface area contributed by atoms with E-state index >= 15 is 0 Å². The second-order valence-corrected chi connectivity index (χ2v) is 6.52. The van der Waals surface area contributed by atoms with Crippen LogP contribution in [0.3, 0.4) is 0 Å². The first-order chi connectivity index (χ1) is 13.3. The van der Waals surface area contributed by atoms with Gasteiger partial charge < -0.3 is 9.47 Å². The third kappa shape index (κ3) is 3.61. The van der Waals surface area contributed by atoms with Gasteiger partial charge in [0.25, 0.3) is 11.8 Å². The Kier molecular flexibility index (Phi) is 5.46. The summed E-state index contributed by atoms with van der Waals surface area (Å²) in [5, 5.41) is 2.08. The number of benzene rings is 2. The van der Waals surface area contributed by atoms with Gasteiger partial charge in [-0.15, -0.1) is 0 Å². The summed E-state index contributed by atoms with van der Waals surface area (Å²) in [6.07, 6.45) is 1.29. The molecule has 3 rings (SSSR count). The van der Waals surface area contributed by atoms with Crippen molar-refractivity contribution in [2.45, 2.75) is 0 Å². The smallest absolute Gasteiger partial charge is 0.335 e. The number of methoxy groups -OCH3 is 2. The van der Waals surface area contributed by atoms with E-state index in [1.54, 1.807) is 12.1 Å². The molecule has 1 fully saturated rings. The van der Waals surface area contributed by atoms with Crippen LogP contribution in [0.5, 0.6) is 11.5 Å². The van der Waals surface area contributed by atoms with E-state index in [0.29, 0.717) is 26.4 Å². The zero-order chi connectivity index (χ0) is 20.4. The molecule has 144 valence electrons. The number of anilines is 1. The summed E-state index contributed by atoms with van der Waals surface area (Å²) in [7, 11) is 2.91. The fourth-order valence-electron chi connectivity index (χ4n) is 2.66. The Morgan fingerprint density at radius 2 is 1.79 bits per heavy atom. The minimum absolute atomic E-state index is 0.00350. The highest BCUT2D eigenvalue weighted by molar-refractivity contribution is 9.10. The first-order valence-electron chi connectivity index (χ1n) is 7.94. The van der Waals surface area contributed by atoms with E-state index < -0.39 is 23.7 Å². The molecule has 7 nitrogen and oxygen atoms in total. The number of amides is 4. The van der Waals surface area contributed by atoms with Crippen LogP contribution >= 0.6 is 15.9 Å². The Morgan fingerprint density at radius 1 is 1.07 bits per heavy atom. The number of carbonyl (C=O) groups excluding carboxylic acids is 3. The first-order valence-corrected chi connectivity index (χ1v) is 8.73. The molecule has 1 saturated heterocycles. The summed E-state index contributed by atoms with van der Waals surface area (Å²) in [4.78, 5) is 38.0. The molecule has 1 aliphatic heterocycles. The Bertz CT molecular complexity index is 1020. The molecule has 1 N–H and O–H groups in total. The van der Waals surface area contributed by atoms with Crippen LogP contribution in [0, 0.1) is 5.82 Å². The fraction of sp³-hybridized carbons (Fsp3) is 0.105. The van der Waals surface area contributed by atoms with Crippen LogP contribution in [0.15, 0.2) is 46.4 Å². The molecule has 0 aliphatic carbocycles. The van der Waals surface area contributed by atoms with E-state index in [4.69, 9.17) is 9.47 Å². The molecular formula is C19H14BrFN2O5. The molecule has 0 aromatic heterocycles. The van der Waals surface area contributed by atoms with Gasteiger partial charge in [-0.05, 0) is 46.3 Å². The quantitative estimate of drug-likeness (QED) is 0.572. The molecule has 0 radical (unpaired) electrons. The maximum atomic E-state index is 13.5. The summed E-state index contributed by atoms with van der Waals surface area (Å²) >= 11 is 3.33. The van der Waals surface area contributed by atoms with Crippen LogP contribution in [0.25, 0.3) is 6.08 Å². The average Bonchev–Trinajstić information content (AvgIpc) is 2.65. The highest BCUT2D eigenvalue weighted by atomic mass is 79.9. The molecule has 0 saturated carbocycles. The Labute approximate surface area is 167 Å². The number of imide groups is 2. The molecule has 0 bridgehead atoms. The van der Waals surface area contributed by atoms with Crippen LogP contribution < -0.4 is 19.7 Å². The monoisotopic (exact) mass is 448 g/mol. The van der Waals surface area contributed by atoms with Crippen molar-refractivity contribution in [1.82, 2.24) is 5.32 Å². The highest BCUT2D eigenvalue weighted by Crippen LogP contribution is 2.34. The third-order valence-electron chi connectivity index (χ3n) is 3.97. The molecule has 0 spiro atoms. The summed E-state index contributed by atoms with van der Waals surface area (Å²) in [6.45, 7) is 0. The van der Waals surface area contributed by atoms with E-state index in [0.717, 1.165) is 6.07 Å². The van der Waals surface area contributed by atoms with Crippen LogP contribution in [-0.4, -0.2) is 32.1 Å². The van der Waals surface area contributed by atoms with Gasteiger partial charge in [-0.25, -0.2) is 14.1 Å². The predicted molar refractivity (Wildman–Crippen MR) is 103 cm³/mol. The average molecular weight is 449 g/mol. The van der Waals surface area contributed by atoms with Crippen molar-refractivity contribution in [3.8, 4) is 11.5 Å². The van der Waals surface area contributed by atoms with E-state index in [2.05, 4.69) is 21.2 Å². The minimum atomic E-state index is -0.958. The molecule has 0 atom stereocenters. The number of rotatable bonds is 4. The zero-order valence-electron chi connectivity index (χ0n) is 14.8. The molecule has 1 heterocycles. The molecule has 2 aromatic carbocycles. The largest absolute Gasteiger partial charge is 0.496 e. The molecule has 0 unspecified atom stereocenters. The van der Waals surface area contributed by atoms with Gasteiger partial charge in [0.15, 0.2) is 0 Å². The van der Waals surface area contributed by atoms with E-state index in [9.17, 15) is 18.8 Å². The Balaban J connectivity index is 2.08. The summed E-state index contributed by atoms with van der Waals surface area (Å²) in [5.41, 5.74) is 0.102. The summed E-state index contributed by atoms with van der Waals surface area (Å²) in [5.74, 6) is -1.52. The molecule has 9 heteroatoms. The van der Waals surface area contributed by atoms with Crippen molar-refractivity contribution in [3.63, 3.8) is 0 Å². The van der Waals surface area contributed by atoms with Crippen molar-refractivity contribution in [3.05, 3.63) is 57.8 Å². The number of hydrogen-bond acceptors (Lipinski definition) is 5. The fourth-order valence-corrected chi connectivity index (χ4v) is 3.18. The first kappa shape index (κ1) is 19.6. The lowest BCUT2D eigenvalue weighted by Crippen LogP contribution is -2.54. The highest BCUT2D eigenvalue weighted by Gasteiger charge is 2.37. The van der Waals surface area contributed by atoms with E-state index in [1.807, 2.05) is 0 Å². The number of carbonyl (C=O) groups is 3. The van der Waals surface area contributed by atoms with Crippen LogP contribution in [0.4, 0.5) is 14.9 Å².